The molecule has 0 heterocycles. The van der Waals surface area contributed by atoms with Crippen LogP contribution in [0.5, 0.6) is 0 Å². The van der Waals surface area contributed by atoms with Crippen molar-refractivity contribution < 1.29 is 18.0 Å². The van der Waals surface area contributed by atoms with Gasteiger partial charge in [-0.3, -0.25) is 13.9 Å². The molecule has 1 atom stereocenters. The Labute approximate surface area is 283 Å². The fourth-order valence-corrected chi connectivity index (χ4v) is 6.90. The SMILES string of the molecule is Cc1ccc(S(=O)(=O)N(CC(=O)N(Cc2ccc(Br)cc2)[C@@H](Cc2ccccc2)C(=O)NC(C)C)c2cccc(Cl)c2Cl)cc1. The molecule has 1 N–H and O–H groups in total. The van der Waals surface area contributed by atoms with E-state index in [1.165, 1.54) is 29.2 Å². The van der Waals surface area contributed by atoms with Crippen LogP contribution in [0.1, 0.15) is 30.5 Å². The first-order valence-electron chi connectivity index (χ1n) is 14.3. The maximum atomic E-state index is 14.5. The van der Waals surface area contributed by atoms with E-state index in [9.17, 15) is 18.0 Å². The van der Waals surface area contributed by atoms with E-state index < -0.39 is 28.5 Å². The third-order valence-corrected chi connectivity index (χ3v) is 10.2. The van der Waals surface area contributed by atoms with Gasteiger partial charge in [-0.05, 0) is 68.3 Å². The number of anilines is 1. The number of nitrogens with one attached hydrogen (secondary N) is 1. The topological polar surface area (TPSA) is 86.8 Å². The first-order valence-corrected chi connectivity index (χ1v) is 17.3. The van der Waals surface area contributed by atoms with Crippen LogP contribution in [0.3, 0.4) is 0 Å². The number of hydrogen-bond donors (Lipinski definition) is 1. The van der Waals surface area contributed by atoms with Gasteiger partial charge >= 0.3 is 0 Å². The Kier molecular flexibility index (Phi) is 11.7. The molecular weight excluding hydrogens is 697 g/mol. The molecule has 0 fully saturated rings. The summed E-state index contributed by atoms with van der Waals surface area (Å²) in [6, 6.07) is 26.5. The molecule has 0 aliphatic rings. The zero-order valence-electron chi connectivity index (χ0n) is 25.1. The first-order chi connectivity index (χ1) is 21.4. The molecule has 0 saturated heterocycles. The average Bonchev–Trinajstić information content (AvgIpc) is 3.00. The molecule has 4 rings (SSSR count). The Morgan fingerprint density at radius 1 is 0.844 bits per heavy atom. The molecule has 7 nitrogen and oxygen atoms in total. The molecule has 4 aromatic rings. The molecule has 0 saturated carbocycles. The second-order valence-electron chi connectivity index (χ2n) is 10.9. The molecule has 0 spiro atoms. The van der Waals surface area contributed by atoms with Gasteiger partial charge in [0.15, 0.2) is 0 Å². The largest absolute Gasteiger partial charge is 0.352 e. The van der Waals surface area contributed by atoms with E-state index in [4.69, 9.17) is 23.2 Å². The Morgan fingerprint density at radius 3 is 2.11 bits per heavy atom. The van der Waals surface area contributed by atoms with Crippen LogP contribution >= 0.6 is 39.1 Å². The maximum absolute atomic E-state index is 14.5. The van der Waals surface area contributed by atoms with Crippen LogP contribution in [0.4, 0.5) is 5.69 Å². The fourth-order valence-electron chi connectivity index (χ4n) is 4.76. The monoisotopic (exact) mass is 729 g/mol. The molecule has 236 valence electrons. The normalized spacial score (nSPS) is 12.1. The average molecular weight is 732 g/mol. The van der Waals surface area contributed by atoms with Gasteiger partial charge in [-0.15, -0.1) is 0 Å². The van der Waals surface area contributed by atoms with Gasteiger partial charge in [-0.25, -0.2) is 8.42 Å². The Hall–Kier alpha value is -3.37. The lowest BCUT2D eigenvalue weighted by molar-refractivity contribution is -0.140. The number of benzene rings is 4. The Morgan fingerprint density at radius 2 is 1.49 bits per heavy atom. The molecule has 2 amide bonds. The molecule has 0 aliphatic carbocycles. The number of sulfonamides is 1. The lowest BCUT2D eigenvalue weighted by atomic mass is 10.0. The van der Waals surface area contributed by atoms with E-state index in [2.05, 4.69) is 21.2 Å². The fraction of sp³-hybridized carbons (Fsp3) is 0.235. The van der Waals surface area contributed by atoms with Gasteiger partial charge in [0.2, 0.25) is 11.8 Å². The highest BCUT2D eigenvalue weighted by atomic mass is 79.9. The van der Waals surface area contributed by atoms with Crippen molar-refractivity contribution in [1.29, 1.82) is 0 Å². The van der Waals surface area contributed by atoms with Crippen LogP contribution in [-0.4, -0.2) is 43.8 Å². The summed E-state index contributed by atoms with van der Waals surface area (Å²) >= 11 is 16.3. The summed E-state index contributed by atoms with van der Waals surface area (Å²) in [5, 5.41) is 3.07. The van der Waals surface area contributed by atoms with Crippen molar-refractivity contribution in [3.63, 3.8) is 0 Å². The van der Waals surface area contributed by atoms with E-state index in [1.807, 2.05) is 75.4 Å². The Bertz CT molecular complexity index is 1740. The van der Waals surface area contributed by atoms with Crippen molar-refractivity contribution in [2.75, 3.05) is 10.8 Å². The second-order valence-corrected chi connectivity index (χ2v) is 14.5. The van der Waals surface area contributed by atoms with E-state index >= 15 is 0 Å². The summed E-state index contributed by atoms with van der Waals surface area (Å²) in [7, 11) is -4.31. The second kappa shape index (κ2) is 15.3. The molecular formula is C34H34BrCl2N3O4S. The predicted molar refractivity (Wildman–Crippen MR) is 184 cm³/mol. The smallest absolute Gasteiger partial charge is 0.264 e. The van der Waals surface area contributed by atoms with Gasteiger partial charge in [0.05, 0.1) is 20.6 Å². The van der Waals surface area contributed by atoms with Crippen LogP contribution in [0, 0.1) is 6.92 Å². The highest BCUT2D eigenvalue weighted by Crippen LogP contribution is 2.35. The van der Waals surface area contributed by atoms with E-state index in [1.54, 1.807) is 18.2 Å². The van der Waals surface area contributed by atoms with Gasteiger partial charge in [0.25, 0.3) is 10.0 Å². The number of nitrogens with zero attached hydrogens (tertiary/aromatic N) is 2. The van der Waals surface area contributed by atoms with Crippen molar-refractivity contribution >= 4 is 66.7 Å². The zero-order chi connectivity index (χ0) is 32.7. The molecule has 45 heavy (non-hydrogen) atoms. The van der Waals surface area contributed by atoms with Crippen molar-refractivity contribution in [3.8, 4) is 0 Å². The van der Waals surface area contributed by atoms with Crippen molar-refractivity contribution in [2.45, 2.75) is 50.7 Å². The molecule has 0 bridgehead atoms. The van der Waals surface area contributed by atoms with Crippen molar-refractivity contribution in [1.82, 2.24) is 10.2 Å². The van der Waals surface area contributed by atoms with Crippen LogP contribution in [0.25, 0.3) is 0 Å². The number of aryl methyl sites for hydroxylation is 1. The summed E-state index contributed by atoms with van der Waals surface area (Å²) in [4.78, 5) is 29.7. The van der Waals surface area contributed by atoms with Crippen molar-refractivity contribution in [3.05, 3.63) is 128 Å². The first kappa shape index (κ1) is 34.5. The number of carbonyl (C=O) groups is 2. The third-order valence-electron chi connectivity index (χ3n) is 7.06. The molecule has 4 aromatic carbocycles. The van der Waals surface area contributed by atoms with Gasteiger partial charge in [0.1, 0.15) is 12.6 Å². The number of hydrogen-bond acceptors (Lipinski definition) is 4. The zero-order valence-corrected chi connectivity index (χ0v) is 29.0. The molecule has 0 radical (unpaired) electrons. The standard InChI is InChI=1S/C34H34BrCl2N3O4S/c1-23(2)38-34(42)31(20-25-8-5-4-6-9-25)39(21-26-14-16-27(35)17-15-26)32(41)22-40(30-11-7-10-29(36)33(30)37)45(43,44)28-18-12-24(3)13-19-28/h4-19,23,31H,20-22H2,1-3H3,(H,38,42)/t31-/m0/s1. The lowest BCUT2D eigenvalue weighted by Gasteiger charge is -2.34. The molecule has 0 aliphatic heterocycles. The summed E-state index contributed by atoms with van der Waals surface area (Å²) in [5.74, 6) is -0.947. The van der Waals surface area contributed by atoms with Gasteiger partial charge in [-0.1, -0.05) is 105 Å². The molecule has 0 aromatic heterocycles. The number of halogens is 3. The van der Waals surface area contributed by atoms with Gasteiger partial charge < -0.3 is 10.2 Å². The minimum absolute atomic E-state index is 0.0134. The quantitative estimate of drug-likeness (QED) is 0.164. The summed E-state index contributed by atoms with van der Waals surface area (Å²) < 4.78 is 30.2. The predicted octanol–water partition coefficient (Wildman–Crippen LogP) is 7.42. The summed E-state index contributed by atoms with van der Waals surface area (Å²) in [5.41, 5.74) is 2.53. The molecule has 11 heteroatoms. The third kappa shape index (κ3) is 8.88. The van der Waals surface area contributed by atoms with E-state index in [0.717, 1.165) is 25.5 Å². The number of amides is 2. The van der Waals surface area contributed by atoms with Crippen LogP contribution < -0.4 is 9.62 Å². The van der Waals surface area contributed by atoms with Crippen LogP contribution in [0.2, 0.25) is 10.0 Å². The lowest BCUT2D eigenvalue weighted by Crippen LogP contribution is -2.54. The Balaban J connectivity index is 1.83. The summed E-state index contributed by atoms with van der Waals surface area (Å²) in [6.45, 7) is 4.95. The number of carbonyl (C=O) groups excluding carboxylic acids is 2. The minimum Gasteiger partial charge on any atom is -0.352 e. The van der Waals surface area contributed by atoms with E-state index in [-0.39, 0.29) is 45.5 Å². The minimum atomic E-state index is -4.31. The van der Waals surface area contributed by atoms with Crippen LogP contribution in [-0.2, 0) is 32.6 Å². The van der Waals surface area contributed by atoms with Crippen molar-refractivity contribution in [2.24, 2.45) is 0 Å². The van der Waals surface area contributed by atoms with E-state index in [0.29, 0.717) is 0 Å². The molecule has 0 unspecified atom stereocenters. The highest BCUT2D eigenvalue weighted by molar-refractivity contribution is 9.10. The van der Waals surface area contributed by atoms with Gasteiger partial charge in [-0.2, -0.15) is 0 Å². The highest BCUT2D eigenvalue weighted by Gasteiger charge is 2.35. The number of rotatable bonds is 12. The van der Waals surface area contributed by atoms with Gasteiger partial charge in [0, 0.05) is 23.5 Å². The summed E-state index contributed by atoms with van der Waals surface area (Å²) in [6.07, 6.45) is 0.213. The maximum Gasteiger partial charge on any atom is 0.264 e. The van der Waals surface area contributed by atoms with Crippen LogP contribution in [0.15, 0.2) is 106 Å².